The van der Waals surface area contributed by atoms with Crippen LogP contribution in [0.2, 0.25) is 0 Å². The lowest BCUT2D eigenvalue weighted by molar-refractivity contribution is 0.0299. The van der Waals surface area contributed by atoms with Gasteiger partial charge in [0, 0.05) is 43.7 Å². The van der Waals surface area contributed by atoms with Crippen LogP contribution in [0.25, 0.3) is 0 Å². The summed E-state index contributed by atoms with van der Waals surface area (Å²) in [5.74, 6) is 0.0409. The van der Waals surface area contributed by atoms with Crippen LogP contribution >= 0.6 is 0 Å². The largest absolute Gasteiger partial charge is 0.372 e. The van der Waals surface area contributed by atoms with Gasteiger partial charge in [-0.3, -0.25) is 4.79 Å². The first-order valence-corrected chi connectivity index (χ1v) is 7.92. The highest BCUT2D eigenvalue weighted by molar-refractivity contribution is 5.94. The van der Waals surface area contributed by atoms with Crippen molar-refractivity contribution in [3.05, 3.63) is 54.2 Å². The van der Waals surface area contributed by atoms with Crippen LogP contribution in [0.15, 0.2) is 42.7 Å². The summed E-state index contributed by atoms with van der Waals surface area (Å²) in [6, 6.07) is 8.55. The molecule has 124 valence electrons. The fourth-order valence-corrected chi connectivity index (χ4v) is 3.38. The van der Waals surface area contributed by atoms with Crippen molar-refractivity contribution in [1.82, 2.24) is 14.9 Å². The molecule has 2 aliphatic heterocycles. The van der Waals surface area contributed by atoms with Gasteiger partial charge in [0.05, 0.1) is 18.8 Å². The summed E-state index contributed by atoms with van der Waals surface area (Å²) in [5.41, 5.74) is 0.311. The molecular formula is C17H17FN4O2. The van der Waals surface area contributed by atoms with Gasteiger partial charge in [-0.25, -0.2) is 9.97 Å². The minimum absolute atomic E-state index is 0.0589. The number of pyridine rings is 2. The van der Waals surface area contributed by atoms with E-state index in [2.05, 4.69) is 14.9 Å². The Labute approximate surface area is 138 Å². The second kappa shape index (κ2) is 6.16. The Morgan fingerprint density at radius 1 is 1.21 bits per heavy atom. The maximum absolute atomic E-state index is 13.3. The third-order valence-corrected chi connectivity index (χ3v) is 4.51. The maximum Gasteiger partial charge on any atom is 0.254 e. The molecule has 0 unspecified atom stereocenters. The van der Waals surface area contributed by atoms with E-state index < -0.39 is 5.95 Å². The first-order chi connectivity index (χ1) is 11.7. The molecule has 4 heterocycles. The normalized spacial score (nSPS) is 23.2. The highest BCUT2D eigenvalue weighted by Gasteiger charge is 2.42. The Balaban J connectivity index is 1.55. The van der Waals surface area contributed by atoms with Gasteiger partial charge in [-0.2, -0.15) is 4.39 Å². The van der Waals surface area contributed by atoms with Gasteiger partial charge in [-0.15, -0.1) is 0 Å². The van der Waals surface area contributed by atoms with E-state index >= 15 is 0 Å². The van der Waals surface area contributed by atoms with E-state index in [1.54, 1.807) is 11.1 Å². The molecule has 1 amide bonds. The van der Waals surface area contributed by atoms with Crippen molar-refractivity contribution in [2.24, 2.45) is 0 Å². The number of anilines is 1. The van der Waals surface area contributed by atoms with E-state index in [1.165, 1.54) is 18.3 Å². The zero-order chi connectivity index (χ0) is 16.5. The standard InChI is InChI=1S/C17H17FN4O2/c18-15-9-12(4-6-19-15)17(23)21-10-13-14(11-21)24-8-7-22(13)16-3-1-2-5-20-16/h1-6,9,13-14H,7-8,10-11H2/t13-,14-/m0/s1. The third kappa shape index (κ3) is 2.71. The monoisotopic (exact) mass is 328 g/mol. The minimum Gasteiger partial charge on any atom is -0.372 e. The second-order valence-corrected chi connectivity index (χ2v) is 5.94. The molecule has 0 aromatic carbocycles. The summed E-state index contributed by atoms with van der Waals surface area (Å²) in [6.07, 6.45) is 3.01. The molecule has 2 atom stereocenters. The van der Waals surface area contributed by atoms with Gasteiger partial charge in [0.1, 0.15) is 5.82 Å². The van der Waals surface area contributed by atoms with Gasteiger partial charge in [0.25, 0.3) is 5.91 Å². The number of ether oxygens (including phenoxy) is 1. The summed E-state index contributed by atoms with van der Waals surface area (Å²) in [5, 5.41) is 0. The predicted octanol–water partition coefficient (Wildman–Crippen LogP) is 1.35. The van der Waals surface area contributed by atoms with Crippen LogP contribution < -0.4 is 4.90 Å². The fourth-order valence-electron chi connectivity index (χ4n) is 3.38. The van der Waals surface area contributed by atoms with E-state index in [9.17, 15) is 9.18 Å². The quantitative estimate of drug-likeness (QED) is 0.779. The van der Waals surface area contributed by atoms with Crippen molar-refractivity contribution in [2.45, 2.75) is 12.1 Å². The number of hydrogen-bond acceptors (Lipinski definition) is 5. The van der Waals surface area contributed by atoms with Crippen molar-refractivity contribution in [3.8, 4) is 0 Å². The third-order valence-electron chi connectivity index (χ3n) is 4.51. The number of carbonyl (C=O) groups is 1. The van der Waals surface area contributed by atoms with Gasteiger partial charge < -0.3 is 14.5 Å². The Hall–Kier alpha value is -2.54. The lowest BCUT2D eigenvalue weighted by Crippen LogP contribution is -2.51. The molecule has 2 aromatic heterocycles. The van der Waals surface area contributed by atoms with E-state index in [-0.39, 0.29) is 18.1 Å². The minimum atomic E-state index is -0.649. The second-order valence-electron chi connectivity index (χ2n) is 5.94. The summed E-state index contributed by atoms with van der Waals surface area (Å²) < 4.78 is 19.1. The van der Waals surface area contributed by atoms with E-state index in [0.717, 1.165) is 12.4 Å². The number of likely N-dealkylation sites (tertiary alicyclic amines) is 1. The molecule has 2 aromatic rings. The van der Waals surface area contributed by atoms with Crippen LogP contribution in [0.5, 0.6) is 0 Å². The highest BCUT2D eigenvalue weighted by atomic mass is 19.1. The van der Waals surface area contributed by atoms with Gasteiger partial charge in [-0.05, 0) is 18.2 Å². The molecule has 6 nitrogen and oxygen atoms in total. The molecule has 7 heteroatoms. The van der Waals surface area contributed by atoms with Crippen LogP contribution in [0.4, 0.5) is 10.2 Å². The topological polar surface area (TPSA) is 58.6 Å². The van der Waals surface area contributed by atoms with Crippen molar-refractivity contribution < 1.29 is 13.9 Å². The molecule has 0 spiro atoms. The zero-order valence-electron chi connectivity index (χ0n) is 13.0. The Bertz CT molecular complexity index is 742. The summed E-state index contributed by atoms with van der Waals surface area (Å²) in [4.78, 5) is 24.4. The number of aromatic nitrogens is 2. The molecule has 0 N–H and O–H groups in total. The molecule has 0 saturated carbocycles. The van der Waals surface area contributed by atoms with Crippen LogP contribution in [-0.2, 0) is 4.74 Å². The van der Waals surface area contributed by atoms with E-state index in [0.29, 0.717) is 25.3 Å². The Kier molecular flexibility index (Phi) is 3.86. The number of fused-ring (bicyclic) bond motifs is 1. The number of carbonyl (C=O) groups excluding carboxylic acids is 1. The fraction of sp³-hybridized carbons (Fsp3) is 0.353. The van der Waals surface area contributed by atoms with Crippen molar-refractivity contribution in [1.29, 1.82) is 0 Å². The first kappa shape index (κ1) is 15.0. The first-order valence-electron chi connectivity index (χ1n) is 7.92. The Morgan fingerprint density at radius 2 is 2.12 bits per heavy atom. The summed E-state index contributed by atoms with van der Waals surface area (Å²) in [7, 11) is 0. The molecule has 4 rings (SSSR count). The smallest absolute Gasteiger partial charge is 0.254 e. The number of hydrogen-bond donors (Lipinski definition) is 0. The zero-order valence-corrected chi connectivity index (χ0v) is 13.0. The molecule has 0 aliphatic carbocycles. The molecule has 0 bridgehead atoms. The number of morpholine rings is 1. The summed E-state index contributed by atoms with van der Waals surface area (Å²) >= 11 is 0. The maximum atomic E-state index is 13.3. The van der Waals surface area contributed by atoms with Crippen LogP contribution in [0.3, 0.4) is 0 Å². The molecular weight excluding hydrogens is 311 g/mol. The molecule has 2 saturated heterocycles. The van der Waals surface area contributed by atoms with E-state index in [4.69, 9.17) is 4.74 Å². The van der Waals surface area contributed by atoms with Crippen LogP contribution in [0.1, 0.15) is 10.4 Å². The van der Waals surface area contributed by atoms with Crippen molar-refractivity contribution in [2.75, 3.05) is 31.1 Å². The number of halogens is 1. The Morgan fingerprint density at radius 3 is 2.92 bits per heavy atom. The van der Waals surface area contributed by atoms with E-state index in [1.807, 2.05) is 18.2 Å². The lowest BCUT2D eigenvalue weighted by Gasteiger charge is -2.37. The van der Waals surface area contributed by atoms with Gasteiger partial charge >= 0.3 is 0 Å². The summed E-state index contributed by atoms with van der Waals surface area (Å²) in [6.45, 7) is 2.37. The van der Waals surface area contributed by atoms with Gasteiger partial charge in [0.15, 0.2) is 0 Å². The molecule has 2 aliphatic rings. The number of amides is 1. The predicted molar refractivity (Wildman–Crippen MR) is 85.2 cm³/mol. The number of nitrogens with zero attached hydrogens (tertiary/aromatic N) is 4. The molecule has 0 radical (unpaired) electrons. The molecule has 24 heavy (non-hydrogen) atoms. The van der Waals surface area contributed by atoms with Crippen LogP contribution in [0, 0.1) is 5.95 Å². The van der Waals surface area contributed by atoms with Crippen molar-refractivity contribution in [3.63, 3.8) is 0 Å². The average molecular weight is 328 g/mol. The van der Waals surface area contributed by atoms with Gasteiger partial charge in [-0.1, -0.05) is 6.07 Å². The van der Waals surface area contributed by atoms with Gasteiger partial charge in [0.2, 0.25) is 5.95 Å². The average Bonchev–Trinajstić information content (AvgIpc) is 3.06. The molecule has 2 fully saturated rings. The SMILES string of the molecule is O=C(c1ccnc(F)c1)N1C[C@@H]2OCCN(c3ccccn3)[C@H]2C1. The van der Waals surface area contributed by atoms with Crippen LogP contribution in [-0.4, -0.2) is 59.2 Å². The number of rotatable bonds is 2. The highest BCUT2D eigenvalue weighted by Crippen LogP contribution is 2.27. The van der Waals surface area contributed by atoms with Crippen molar-refractivity contribution >= 4 is 11.7 Å². The lowest BCUT2D eigenvalue weighted by atomic mass is 10.1.